The Labute approximate surface area is 124 Å². The maximum Gasteiger partial charge on any atom is 0.0991 e. The van der Waals surface area contributed by atoms with Crippen molar-refractivity contribution in [1.82, 2.24) is 0 Å². The van der Waals surface area contributed by atoms with E-state index in [-0.39, 0.29) is 6.04 Å². The van der Waals surface area contributed by atoms with Crippen molar-refractivity contribution in [2.75, 3.05) is 11.9 Å². The van der Waals surface area contributed by atoms with Crippen LogP contribution in [0.4, 0.5) is 11.4 Å². The molecule has 20 heavy (non-hydrogen) atoms. The van der Waals surface area contributed by atoms with E-state index in [1.54, 1.807) is 12.1 Å². The van der Waals surface area contributed by atoms with Crippen molar-refractivity contribution >= 4 is 23.0 Å². The van der Waals surface area contributed by atoms with Crippen LogP contribution in [0.2, 0.25) is 5.02 Å². The first kappa shape index (κ1) is 14.4. The van der Waals surface area contributed by atoms with Crippen molar-refractivity contribution in [3.8, 4) is 6.07 Å². The molecule has 2 N–H and O–H groups in total. The molecule has 2 aromatic rings. The van der Waals surface area contributed by atoms with Gasteiger partial charge in [0.15, 0.2) is 0 Å². The minimum absolute atomic E-state index is 0.0400. The highest BCUT2D eigenvalue weighted by Crippen LogP contribution is 2.32. The summed E-state index contributed by atoms with van der Waals surface area (Å²) in [6.07, 6.45) is 0. The topological polar surface area (TPSA) is 53.0 Å². The monoisotopic (exact) mass is 285 g/mol. The standard InChI is InChI=1S/C16H16ClN3/c1-11(19)13-5-8-16(15(17)9-13)20(2)14-6-3-12(10-18)4-7-14/h3-9,11H,19H2,1-2H3/t11-/m0/s1. The molecular weight excluding hydrogens is 270 g/mol. The van der Waals surface area contributed by atoms with Crippen LogP contribution >= 0.6 is 11.6 Å². The Hall–Kier alpha value is -2.02. The van der Waals surface area contributed by atoms with Gasteiger partial charge >= 0.3 is 0 Å². The molecule has 0 aliphatic carbocycles. The molecule has 0 radical (unpaired) electrons. The van der Waals surface area contributed by atoms with Crippen molar-refractivity contribution in [1.29, 1.82) is 5.26 Å². The van der Waals surface area contributed by atoms with Crippen LogP contribution < -0.4 is 10.6 Å². The van der Waals surface area contributed by atoms with Crippen LogP contribution in [-0.4, -0.2) is 7.05 Å². The number of hydrogen-bond acceptors (Lipinski definition) is 3. The molecule has 0 unspecified atom stereocenters. The molecule has 0 aliphatic rings. The molecule has 0 amide bonds. The number of halogens is 1. The lowest BCUT2D eigenvalue weighted by atomic mass is 10.1. The summed E-state index contributed by atoms with van der Waals surface area (Å²) in [6.45, 7) is 1.93. The van der Waals surface area contributed by atoms with E-state index in [1.807, 2.05) is 49.2 Å². The van der Waals surface area contributed by atoms with E-state index in [2.05, 4.69) is 6.07 Å². The van der Waals surface area contributed by atoms with E-state index in [9.17, 15) is 0 Å². The fourth-order valence-electron chi connectivity index (χ4n) is 1.98. The first-order chi connectivity index (χ1) is 9.52. The van der Waals surface area contributed by atoms with Crippen LogP contribution in [0.25, 0.3) is 0 Å². The van der Waals surface area contributed by atoms with E-state index in [0.717, 1.165) is 16.9 Å². The minimum atomic E-state index is -0.0400. The van der Waals surface area contributed by atoms with Crippen LogP contribution in [-0.2, 0) is 0 Å². The molecule has 4 heteroatoms. The molecule has 3 nitrogen and oxygen atoms in total. The first-order valence-corrected chi connectivity index (χ1v) is 6.69. The van der Waals surface area contributed by atoms with Crippen LogP contribution in [0.15, 0.2) is 42.5 Å². The molecule has 2 rings (SSSR count). The van der Waals surface area contributed by atoms with E-state index in [0.29, 0.717) is 10.6 Å². The summed E-state index contributed by atoms with van der Waals surface area (Å²) in [7, 11) is 1.94. The number of anilines is 2. The van der Waals surface area contributed by atoms with Crippen LogP contribution in [0, 0.1) is 11.3 Å². The largest absolute Gasteiger partial charge is 0.343 e. The summed E-state index contributed by atoms with van der Waals surface area (Å²) >= 11 is 6.33. The number of nitriles is 1. The number of nitrogens with zero attached hydrogens (tertiary/aromatic N) is 2. The predicted octanol–water partition coefficient (Wildman–Crippen LogP) is 4.00. The zero-order valence-electron chi connectivity index (χ0n) is 11.5. The maximum atomic E-state index is 8.81. The third-order valence-corrected chi connectivity index (χ3v) is 3.55. The lowest BCUT2D eigenvalue weighted by molar-refractivity contribution is 0.818. The number of rotatable bonds is 3. The molecule has 0 spiro atoms. The van der Waals surface area contributed by atoms with Gasteiger partial charge in [-0.05, 0) is 48.9 Å². The normalized spacial score (nSPS) is 11.8. The molecular formula is C16H16ClN3. The van der Waals surface area contributed by atoms with Gasteiger partial charge in [0.1, 0.15) is 0 Å². The van der Waals surface area contributed by atoms with Crippen LogP contribution in [0.1, 0.15) is 24.1 Å². The lowest BCUT2D eigenvalue weighted by Crippen LogP contribution is -2.11. The second-order valence-electron chi connectivity index (χ2n) is 4.72. The van der Waals surface area contributed by atoms with Gasteiger partial charge in [0.25, 0.3) is 0 Å². The Morgan fingerprint density at radius 1 is 1.20 bits per heavy atom. The Kier molecular flexibility index (Phi) is 4.29. The Balaban J connectivity index is 2.33. The Morgan fingerprint density at radius 3 is 2.35 bits per heavy atom. The summed E-state index contributed by atoms with van der Waals surface area (Å²) in [5.74, 6) is 0. The first-order valence-electron chi connectivity index (χ1n) is 6.32. The maximum absolute atomic E-state index is 8.81. The molecule has 0 saturated heterocycles. The van der Waals surface area contributed by atoms with Gasteiger partial charge in [-0.3, -0.25) is 0 Å². The van der Waals surface area contributed by atoms with Gasteiger partial charge in [-0.15, -0.1) is 0 Å². The summed E-state index contributed by atoms with van der Waals surface area (Å²) in [5, 5.41) is 9.47. The highest BCUT2D eigenvalue weighted by atomic mass is 35.5. The van der Waals surface area contributed by atoms with E-state index >= 15 is 0 Å². The molecule has 0 fully saturated rings. The lowest BCUT2D eigenvalue weighted by Gasteiger charge is -2.21. The molecule has 0 heterocycles. The summed E-state index contributed by atoms with van der Waals surface area (Å²) in [4.78, 5) is 1.98. The molecule has 1 atom stereocenters. The average molecular weight is 286 g/mol. The molecule has 0 bridgehead atoms. The zero-order chi connectivity index (χ0) is 14.7. The molecule has 0 aliphatic heterocycles. The third kappa shape index (κ3) is 2.93. The highest BCUT2D eigenvalue weighted by Gasteiger charge is 2.10. The molecule has 0 aromatic heterocycles. The molecule has 102 valence electrons. The number of hydrogen-bond donors (Lipinski definition) is 1. The van der Waals surface area contributed by atoms with Gasteiger partial charge in [0, 0.05) is 18.8 Å². The van der Waals surface area contributed by atoms with E-state index < -0.39 is 0 Å². The predicted molar refractivity (Wildman–Crippen MR) is 83.3 cm³/mol. The SMILES string of the molecule is C[C@H](N)c1ccc(N(C)c2ccc(C#N)cc2)c(Cl)c1. The van der Waals surface area contributed by atoms with Crippen molar-refractivity contribution in [3.63, 3.8) is 0 Å². The summed E-state index contributed by atoms with van der Waals surface area (Å²) in [5.41, 5.74) is 9.37. The zero-order valence-corrected chi connectivity index (χ0v) is 12.2. The fraction of sp³-hybridized carbons (Fsp3) is 0.188. The van der Waals surface area contributed by atoms with E-state index in [1.165, 1.54) is 0 Å². The second kappa shape index (κ2) is 5.96. The van der Waals surface area contributed by atoms with Crippen molar-refractivity contribution in [2.45, 2.75) is 13.0 Å². The van der Waals surface area contributed by atoms with Gasteiger partial charge in [0.2, 0.25) is 0 Å². The van der Waals surface area contributed by atoms with Crippen molar-refractivity contribution in [3.05, 3.63) is 58.6 Å². The average Bonchev–Trinajstić information content (AvgIpc) is 2.46. The van der Waals surface area contributed by atoms with Gasteiger partial charge in [-0.25, -0.2) is 0 Å². The number of benzene rings is 2. The summed E-state index contributed by atoms with van der Waals surface area (Å²) in [6, 6.07) is 15.3. The van der Waals surface area contributed by atoms with Crippen LogP contribution in [0.3, 0.4) is 0 Å². The smallest absolute Gasteiger partial charge is 0.0991 e. The summed E-state index contributed by atoms with van der Waals surface area (Å²) < 4.78 is 0. The van der Waals surface area contributed by atoms with Crippen molar-refractivity contribution < 1.29 is 0 Å². The minimum Gasteiger partial charge on any atom is -0.343 e. The second-order valence-corrected chi connectivity index (χ2v) is 5.12. The van der Waals surface area contributed by atoms with Gasteiger partial charge in [0.05, 0.1) is 22.3 Å². The quantitative estimate of drug-likeness (QED) is 0.927. The Morgan fingerprint density at radius 2 is 1.85 bits per heavy atom. The third-order valence-electron chi connectivity index (χ3n) is 3.24. The van der Waals surface area contributed by atoms with Gasteiger partial charge in [-0.2, -0.15) is 5.26 Å². The highest BCUT2D eigenvalue weighted by molar-refractivity contribution is 6.33. The van der Waals surface area contributed by atoms with Crippen molar-refractivity contribution in [2.24, 2.45) is 5.73 Å². The molecule has 0 saturated carbocycles. The van der Waals surface area contributed by atoms with E-state index in [4.69, 9.17) is 22.6 Å². The van der Waals surface area contributed by atoms with Gasteiger partial charge in [-0.1, -0.05) is 17.7 Å². The number of nitrogens with two attached hydrogens (primary N) is 1. The fourth-order valence-corrected chi connectivity index (χ4v) is 2.29. The van der Waals surface area contributed by atoms with Gasteiger partial charge < -0.3 is 10.6 Å². The Bertz CT molecular complexity index is 642. The molecule has 2 aromatic carbocycles. The van der Waals surface area contributed by atoms with Crippen LogP contribution in [0.5, 0.6) is 0 Å².